The topological polar surface area (TPSA) is 6.48 Å². The summed E-state index contributed by atoms with van der Waals surface area (Å²) in [5.41, 5.74) is 0.312. The molecule has 2 heteroatoms. The number of nitrogens with zero attached hydrogens (tertiary/aromatic N) is 2. The Balaban J connectivity index is 3.51. The molecule has 0 aliphatic rings. The lowest BCUT2D eigenvalue weighted by Crippen LogP contribution is -2.39. The molecule has 0 saturated heterocycles. The van der Waals surface area contributed by atoms with E-state index in [1.54, 1.807) is 0 Å². The van der Waals surface area contributed by atoms with Crippen molar-refractivity contribution in [3.05, 3.63) is 0 Å². The van der Waals surface area contributed by atoms with E-state index in [0.29, 0.717) is 5.54 Å². The Hall–Kier alpha value is -0.0800. The summed E-state index contributed by atoms with van der Waals surface area (Å²) in [4.78, 5) is 4.63. The predicted octanol–water partition coefficient (Wildman–Crippen LogP) is 1.67. The van der Waals surface area contributed by atoms with E-state index in [2.05, 4.69) is 51.7 Å². The molecule has 0 N–H and O–H groups in total. The maximum Gasteiger partial charge on any atom is 0.0122 e. The molecule has 0 aromatic carbocycles. The van der Waals surface area contributed by atoms with Crippen LogP contribution in [0.1, 0.15) is 27.2 Å². The molecule has 0 aromatic heterocycles. The van der Waals surface area contributed by atoms with E-state index in [0.717, 1.165) is 0 Å². The minimum atomic E-state index is 0.312. The standard InChI is InChI=1S/C10H24N2/c1-10(2,3)12(6)9-7-8-11(4)5/h7-9H2,1-6H3. The molecule has 0 aliphatic carbocycles. The fraction of sp³-hybridized carbons (Fsp3) is 1.00. The van der Waals surface area contributed by atoms with Gasteiger partial charge in [0.1, 0.15) is 0 Å². The third kappa shape index (κ3) is 5.56. The highest BCUT2D eigenvalue weighted by Crippen LogP contribution is 2.10. The summed E-state index contributed by atoms with van der Waals surface area (Å²) in [6.45, 7) is 9.12. The van der Waals surface area contributed by atoms with Crippen molar-refractivity contribution in [2.75, 3.05) is 34.2 Å². The van der Waals surface area contributed by atoms with Crippen molar-refractivity contribution < 1.29 is 0 Å². The Morgan fingerprint density at radius 2 is 1.42 bits per heavy atom. The van der Waals surface area contributed by atoms with Crippen molar-refractivity contribution in [2.45, 2.75) is 32.7 Å². The number of rotatable bonds is 4. The Bertz CT molecular complexity index is 113. The van der Waals surface area contributed by atoms with Gasteiger partial charge in [-0.1, -0.05) is 0 Å². The van der Waals surface area contributed by atoms with Gasteiger partial charge in [-0.2, -0.15) is 0 Å². The molecular weight excluding hydrogens is 148 g/mol. The maximum atomic E-state index is 2.40. The first kappa shape index (κ1) is 11.9. The van der Waals surface area contributed by atoms with Gasteiger partial charge in [0.15, 0.2) is 0 Å². The molecule has 74 valence electrons. The SMILES string of the molecule is CN(C)CCCN(C)C(C)(C)C. The molecule has 2 nitrogen and oxygen atoms in total. The second kappa shape index (κ2) is 4.83. The molecule has 0 aliphatic heterocycles. The van der Waals surface area contributed by atoms with Crippen molar-refractivity contribution in [1.82, 2.24) is 9.80 Å². The fourth-order valence-corrected chi connectivity index (χ4v) is 0.960. The summed E-state index contributed by atoms with van der Waals surface area (Å²) in [5.74, 6) is 0. The van der Waals surface area contributed by atoms with Crippen molar-refractivity contribution in [3.8, 4) is 0 Å². The van der Waals surface area contributed by atoms with Crippen LogP contribution >= 0.6 is 0 Å². The monoisotopic (exact) mass is 172 g/mol. The average molecular weight is 172 g/mol. The molecule has 0 bridgehead atoms. The van der Waals surface area contributed by atoms with Crippen molar-refractivity contribution in [3.63, 3.8) is 0 Å². The summed E-state index contributed by atoms with van der Waals surface area (Å²) < 4.78 is 0. The molecule has 0 fully saturated rings. The predicted molar refractivity (Wildman–Crippen MR) is 55.6 cm³/mol. The lowest BCUT2D eigenvalue weighted by Gasteiger charge is -2.32. The summed E-state index contributed by atoms with van der Waals surface area (Å²) in [5, 5.41) is 0. The second-order valence-electron chi connectivity index (χ2n) is 4.75. The van der Waals surface area contributed by atoms with Gasteiger partial charge in [0, 0.05) is 5.54 Å². The summed E-state index contributed by atoms with van der Waals surface area (Å²) in [6, 6.07) is 0. The minimum Gasteiger partial charge on any atom is -0.309 e. The zero-order valence-electron chi connectivity index (χ0n) is 9.52. The highest BCUT2D eigenvalue weighted by molar-refractivity contribution is 4.72. The molecule has 0 heterocycles. The largest absolute Gasteiger partial charge is 0.309 e. The zero-order valence-corrected chi connectivity index (χ0v) is 9.52. The van der Waals surface area contributed by atoms with Gasteiger partial charge >= 0.3 is 0 Å². The zero-order chi connectivity index (χ0) is 9.78. The highest BCUT2D eigenvalue weighted by Gasteiger charge is 2.15. The van der Waals surface area contributed by atoms with Gasteiger partial charge in [-0.3, -0.25) is 0 Å². The first-order chi connectivity index (χ1) is 5.34. The van der Waals surface area contributed by atoms with Crippen LogP contribution in [-0.4, -0.2) is 49.6 Å². The lowest BCUT2D eigenvalue weighted by atomic mass is 10.1. The molecule has 0 amide bonds. The molecular formula is C10H24N2. The summed E-state index contributed by atoms with van der Waals surface area (Å²) in [7, 11) is 6.43. The molecule has 0 aromatic rings. The normalized spacial score (nSPS) is 13.0. The quantitative estimate of drug-likeness (QED) is 0.636. The molecule has 0 spiro atoms. The van der Waals surface area contributed by atoms with Gasteiger partial charge in [-0.25, -0.2) is 0 Å². The van der Waals surface area contributed by atoms with Crippen molar-refractivity contribution >= 4 is 0 Å². The first-order valence-electron chi connectivity index (χ1n) is 4.70. The Kier molecular flexibility index (Phi) is 4.80. The van der Waals surface area contributed by atoms with Gasteiger partial charge in [0.05, 0.1) is 0 Å². The third-order valence-electron chi connectivity index (χ3n) is 2.24. The van der Waals surface area contributed by atoms with Crippen LogP contribution in [0.4, 0.5) is 0 Å². The average Bonchev–Trinajstić information content (AvgIpc) is 1.84. The van der Waals surface area contributed by atoms with E-state index in [1.165, 1.54) is 19.5 Å². The van der Waals surface area contributed by atoms with Gasteiger partial charge in [0.2, 0.25) is 0 Å². The van der Waals surface area contributed by atoms with Crippen LogP contribution in [0.3, 0.4) is 0 Å². The lowest BCUT2D eigenvalue weighted by molar-refractivity contribution is 0.168. The van der Waals surface area contributed by atoms with E-state index < -0.39 is 0 Å². The van der Waals surface area contributed by atoms with Crippen LogP contribution in [0.5, 0.6) is 0 Å². The molecule has 0 atom stereocenters. The third-order valence-corrected chi connectivity index (χ3v) is 2.24. The van der Waals surface area contributed by atoms with Crippen LogP contribution in [0, 0.1) is 0 Å². The minimum absolute atomic E-state index is 0.312. The Morgan fingerprint density at radius 3 is 1.75 bits per heavy atom. The number of hydrogen-bond acceptors (Lipinski definition) is 2. The Morgan fingerprint density at radius 1 is 0.917 bits per heavy atom. The molecule has 0 radical (unpaired) electrons. The van der Waals surface area contributed by atoms with E-state index in [-0.39, 0.29) is 0 Å². The molecule has 0 saturated carbocycles. The van der Waals surface area contributed by atoms with Gasteiger partial charge in [-0.15, -0.1) is 0 Å². The fourth-order valence-electron chi connectivity index (χ4n) is 0.960. The smallest absolute Gasteiger partial charge is 0.0122 e. The van der Waals surface area contributed by atoms with Gasteiger partial charge < -0.3 is 9.80 Å². The van der Waals surface area contributed by atoms with E-state index in [4.69, 9.17) is 0 Å². The molecule has 0 rings (SSSR count). The maximum absolute atomic E-state index is 2.40. The van der Waals surface area contributed by atoms with Crippen molar-refractivity contribution in [1.29, 1.82) is 0 Å². The Labute approximate surface area is 77.5 Å². The summed E-state index contributed by atoms with van der Waals surface area (Å²) in [6.07, 6.45) is 1.25. The van der Waals surface area contributed by atoms with Crippen LogP contribution in [0.15, 0.2) is 0 Å². The van der Waals surface area contributed by atoms with Crippen LogP contribution in [0.2, 0.25) is 0 Å². The van der Waals surface area contributed by atoms with Crippen molar-refractivity contribution in [2.24, 2.45) is 0 Å². The van der Waals surface area contributed by atoms with Crippen LogP contribution in [0.25, 0.3) is 0 Å². The molecule has 0 unspecified atom stereocenters. The van der Waals surface area contributed by atoms with E-state index >= 15 is 0 Å². The van der Waals surface area contributed by atoms with Gasteiger partial charge in [-0.05, 0) is 61.4 Å². The second-order valence-corrected chi connectivity index (χ2v) is 4.75. The number of hydrogen-bond donors (Lipinski definition) is 0. The van der Waals surface area contributed by atoms with Gasteiger partial charge in [0.25, 0.3) is 0 Å². The first-order valence-corrected chi connectivity index (χ1v) is 4.70. The highest BCUT2D eigenvalue weighted by atomic mass is 15.2. The summed E-state index contributed by atoms with van der Waals surface area (Å²) >= 11 is 0. The van der Waals surface area contributed by atoms with E-state index in [1.807, 2.05) is 0 Å². The van der Waals surface area contributed by atoms with Crippen LogP contribution < -0.4 is 0 Å². The van der Waals surface area contributed by atoms with E-state index in [9.17, 15) is 0 Å². The molecule has 12 heavy (non-hydrogen) atoms. The van der Waals surface area contributed by atoms with Crippen LogP contribution in [-0.2, 0) is 0 Å².